The highest BCUT2D eigenvalue weighted by atomic mass is 16.5. The summed E-state index contributed by atoms with van der Waals surface area (Å²) in [4.78, 5) is 11.5. The summed E-state index contributed by atoms with van der Waals surface area (Å²) in [5.41, 5.74) is 4.84. The van der Waals surface area contributed by atoms with Crippen molar-refractivity contribution in [3.05, 3.63) is 52.8 Å². The van der Waals surface area contributed by atoms with E-state index < -0.39 is 0 Å². The second-order valence-corrected chi connectivity index (χ2v) is 5.29. The first-order chi connectivity index (χ1) is 10.4. The number of benzene rings is 1. The minimum absolute atomic E-state index is 0.327. The van der Waals surface area contributed by atoms with Crippen molar-refractivity contribution in [2.75, 3.05) is 21.2 Å². The first-order valence-electron chi connectivity index (χ1n) is 7.03. The predicted molar refractivity (Wildman–Crippen MR) is 87.9 cm³/mol. The zero-order valence-corrected chi connectivity index (χ0v) is 13.6. The van der Waals surface area contributed by atoms with Gasteiger partial charge < -0.3 is 14.3 Å². The number of rotatable bonds is 4. The van der Waals surface area contributed by atoms with E-state index in [4.69, 9.17) is 4.74 Å². The first-order valence-corrected chi connectivity index (χ1v) is 7.03. The Morgan fingerprint density at radius 1 is 1.23 bits per heavy atom. The van der Waals surface area contributed by atoms with E-state index in [9.17, 15) is 4.79 Å². The maximum atomic E-state index is 11.5. The summed E-state index contributed by atoms with van der Waals surface area (Å²) in [5.74, 6) is -0.327. The number of carbonyl (C=O) groups is 1. The normalized spacial score (nSPS) is 11.0. The number of aromatic nitrogens is 1. The van der Waals surface area contributed by atoms with E-state index >= 15 is 0 Å². The highest BCUT2D eigenvalue weighted by molar-refractivity contribution is 5.89. The SMILES string of the molecule is COC(=O)c1ccc(-n2c(C)cc(/C=N/N(C)C)c2C)cc1. The van der Waals surface area contributed by atoms with Crippen molar-refractivity contribution in [3.63, 3.8) is 0 Å². The van der Waals surface area contributed by atoms with Crippen LogP contribution < -0.4 is 0 Å². The molecule has 0 aliphatic carbocycles. The zero-order chi connectivity index (χ0) is 16.3. The number of carbonyl (C=O) groups excluding carboxylic acids is 1. The smallest absolute Gasteiger partial charge is 0.337 e. The molecule has 0 amide bonds. The van der Waals surface area contributed by atoms with Crippen LogP contribution in [0.5, 0.6) is 0 Å². The third kappa shape index (κ3) is 3.19. The Labute approximate surface area is 130 Å². The van der Waals surface area contributed by atoms with Gasteiger partial charge in [0.1, 0.15) is 0 Å². The van der Waals surface area contributed by atoms with Gasteiger partial charge in [0, 0.05) is 36.7 Å². The molecule has 2 rings (SSSR count). The fourth-order valence-corrected chi connectivity index (χ4v) is 2.36. The summed E-state index contributed by atoms with van der Waals surface area (Å²) in [7, 11) is 5.16. The van der Waals surface area contributed by atoms with Gasteiger partial charge in [0.25, 0.3) is 0 Å². The second-order valence-electron chi connectivity index (χ2n) is 5.29. The van der Waals surface area contributed by atoms with E-state index in [1.165, 1.54) is 7.11 Å². The van der Waals surface area contributed by atoms with Crippen molar-refractivity contribution >= 4 is 12.2 Å². The van der Waals surface area contributed by atoms with E-state index in [0.29, 0.717) is 5.56 Å². The van der Waals surface area contributed by atoms with Crippen molar-refractivity contribution in [3.8, 4) is 5.69 Å². The molecule has 5 nitrogen and oxygen atoms in total. The Bertz CT molecular complexity index is 697. The van der Waals surface area contributed by atoms with Crippen molar-refractivity contribution in [2.24, 2.45) is 5.10 Å². The highest BCUT2D eigenvalue weighted by Gasteiger charge is 2.11. The molecule has 0 atom stereocenters. The van der Waals surface area contributed by atoms with Crippen LogP contribution in [0, 0.1) is 13.8 Å². The Morgan fingerprint density at radius 2 is 1.86 bits per heavy atom. The predicted octanol–water partition coefficient (Wildman–Crippen LogP) is 2.78. The Balaban J connectivity index is 2.39. The first kappa shape index (κ1) is 15.8. The average Bonchev–Trinajstić information content (AvgIpc) is 2.79. The van der Waals surface area contributed by atoms with Gasteiger partial charge in [0.05, 0.1) is 18.9 Å². The van der Waals surface area contributed by atoms with Crippen LogP contribution in [-0.4, -0.2) is 43.0 Å². The van der Waals surface area contributed by atoms with Crippen molar-refractivity contribution < 1.29 is 9.53 Å². The van der Waals surface area contributed by atoms with Crippen LogP contribution >= 0.6 is 0 Å². The molecule has 1 heterocycles. The molecule has 0 fully saturated rings. The largest absolute Gasteiger partial charge is 0.465 e. The van der Waals surface area contributed by atoms with Crippen LogP contribution in [0.15, 0.2) is 35.4 Å². The molecule has 0 aliphatic rings. The molecule has 0 spiro atoms. The minimum Gasteiger partial charge on any atom is -0.465 e. The molecular formula is C17H21N3O2. The second kappa shape index (κ2) is 6.47. The van der Waals surface area contributed by atoms with Crippen LogP contribution in [0.2, 0.25) is 0 Å². The molecule has 0 aliphatic heterocycles. The van der Waals surface area contributed by atoms with Gasteiger partial charge in [-0.05, 0) is 44.2 Å². The number of ether oxygens (including phenoxy) is 1. The van der Waals surface area contributed by atoms with Crippen LogP contribution in [-0.2, 0) is 4.74 Å². The Kier molecular flexibility index (Phi) is 4.65. The molecule has 22 heavy (non-hydrogen) atoms. The third-order valence-corrected chi connectivity index (χ3v) is 3.44. The molecule has 116 valence electrons. The number of nitrogens with zero attached hydrogens (tertiary/aromatic N) is 3. The molecule has 2 aromatic rings. The van der Waals surface area contributed by atoms with E-state index in [1.807, 2.05) is 39.4 Å². The van der Waals surface area contributed by atoms with E-state index in [1.54, 1.807) is 17.1 Å². The zero-order valence-electron chi connectivity index (χ0n) is 13.6. The maximum absolute atomic E-state index is 11.5. The number of hydrazone groups is 1. The van der Waals surface area contributed by atoms with Gasteiger partial charge in [-0.2, -0.15) is 5.10 Å². The van der Waals surface area contributed by atoms with Crippen molar-refractivity contribution in [1.29, 1.82) is 0 Å². The molecule has 0 N–H and O–H groups in total. The lowest BCUT2D eigenvalue weighted by atomic mass is 10.2. The summed E-state index contributed by atoms with van der Waals surface area (Å²) in [5, 5.41) is 6.05. The number of hydrogen-bond donors (Lipinski definition) is 0. The molecule has 0 saturated heterocycles. The number of aryl methyl sites for hydroxylation is 1. The topological polar surface area (TPSA) is 46.8 Å². The maximum Gasteiger partial charge on any atom is 0.337 e. The van der Waals surface area contributed by atoms with Gasteiger partial charge in [-0.25, -0.2) is 4.79 Å². The van der Waals surface area contributed by atoms with Gasteiger partial charge in [-0.15, -0.1) is 0 Å². The minimum atomic E-state index is -0.327. The summed E-state index contributed by atoms with van der Waals surface area (Å²) >= 11 is 0. The lowest BCUT2D eigenvalue weighted by Gasteiger charge is -2.10. The van der Waals surface area contributed by atoms with E-state index in [2.05, 4.69) is 22.7 Å². The van der Waals surface area contributed by atoms with E-state index in [0.717, 1.165) is 22.6 Å². The van der Waals surface area contributed by atoms with Crippen LogP contribution in [0.1, 0.15) is 27.3 Å². The third-order valence-electron chi connectivity index (χ3n) is 3.44. The van der Waals surface area contributed by atoms with E-state index in [-0.39, 0.29) is 5.97 Å². The number of methoxy groups -OCH3 is 1. The van der Waals surface area contributed by atoms with Crippen LogP contribution in [0.25, 0.3) is 5.69 Å². The summed E-state index contributed by atoms with van der Waals surface area (Å²) < 4.78 is 6.86. The van der Waals surface area contributed by atoms with Gasteiger partial charge in [0.15, 0.2) is 0 Å². The molecule has 0 radical (unpaired) electrons. The molecule has 0 bridgehead atoms. The number of esters is 1. The lowest BCUT2D eigenvalue weighted by molar-refractivity contribution is 0.0601. The standard InChI is InChI=1S/C17H21N3O2/c1-12-10-15(11-18-19(3)4)13(2)20(12)16-8-6-14(7-9-16)17(21)22-5/h6-11H,1-5H3/b18-11+. The quantitative estimate of drug-likeness (QED) is 0.495. The lowest BCUT2D eigenvalue weighted by Crippen LogP contribution is -2.04. The van der Waals surface area contributed by atoms with Gasteiger partial charge >= 0.3 is 5.97 Å². The molecule has 0 unspecified atom stereocenters. The van der Waals surface area contributed by atoms with Crippen molar-refractivity contribution in [1.82, 2.24) is 9.58 Å². The molecule has 1 aromatic carbocycles. The summed E-state index contributed by atoms with van der Waals surface area (Å²) in [6.45, 7) is 4.10. The Morgan fingerprint density at radius 3 is 2.41 bits per heavy atom. The fourth-order valence-electron chi connectivity index (χ4n) is 2.36. The molecule has 5 heteroatoms. The molecular weight excluding hydrogens is 278 g/mol. The molecule has 0 saturated carbocycles. The van der Waals surface area contributed by atoms with Crippen LogP contribution in [0.3, 0.4) is 0 Å². The van der Waals surface area contributed by atoms with Crippen LogP contribution in [0.4, 0.5) is 0 Å². The summed E-state index contributed by atoms with van der Waals surface area (Å²) in [6, 6.07) is 9.47. The highest BCUT2D eigenvalue weighted by Crippen LogP contribution is 2.20. The fraction of sp³-hybridized carbons (Fsp3) is 0.294. The van der Waals surface area contributed by atoms with Gasteiger partial charge in [0.2, 0.25) is 0 Å². The monoisotopic (exact) mass is 299 g/mol. The average molecular weight is 299 g/mol. The summed E-state index contributed by atoms with van der Waals surface area (Å²) in [6.07, 6.45) is 1.85. The number of hydrogen-bond acceptors (Lipinski definition) is 4. The molecule has 1 aromatic heterocycles. The van der Waals surface area contributed by atoms with Crippen molar-refractivity contribution in [2.45, 2.75) is 13.8 Å². The van der Waals surface area contributed by atoms with Gasteiger partial charge in [-0.3, -0.25) is 0 Å². The Hall–Kier alpha value is -2.56. The van der Waals surface area contributed by atoms with Gasteiger partial charge in [-0.1, -0.05) is 0 Å².